The monoisotopic (exact) mass is 289 g/mol. The van der Waals surface area contributed by atoms with Crippen LogP contribution >= 0.6 is 0 Å². The summed E-state index contributed by atoms with van der Waals surface area (Å²) in [5.41, 5.74) is 0.386. The maximum absolute atomic E-state index is 10.8. The summed E-state index contributed by atoms with van der Waals surface area (Å²) in [7, 11) is -3.54. The fourth-order valence-electron chi connectivity index (χ4n) is 1.38. The molecule has 0 aliphatic heterocycles. The van der Waals surface area contributed by atoms with Crippen LogP contribution in [0.15, 0.2) is 18.2 Å². The van der Waals surface area contributed by atoms with Crippen LogP contribution in [0.4, 0.5) is 11.4 Å². The SMILES string of the molecule is CCOc1cc(NCCS(N)(=O)=O)ccc1[N+](=O)[O-]. The van der Waals surface area contributed by atoms with Crippen molar-refractivity contribution in [2.24, 2.45) is 5.14 Å². The van der Waals surface area contributed by atoms with Gasteiger partial charge < -0.3 is 10.1 Å². The largest absolute Gasteiger partial charge is 0.487 e. The smallest absolute Gasteiger partial charge is 0.311 e. The van der Waals surface area contributed by atoms with Crippen LogP contribution in [0, 0.1) is 10.1 Å². The minimum absolute atomic E-state index is 0.113. The predicted octanol–water partition coefficient (Wildman–Crippen LogP) is 0.694. The van der Waals surface area contributed by atoms with Crippen molar-refractivity contribution < 1.29 is 18.1 Å². The molecule has 1 aromatic carbocycles. The molecule has 0 amide bonds. The quantitative estimate of drug-likeness (QED) is 0.562. The minimum atomic E-state index is -3.54. The summed E-state index contributed by atoms with van der Waals surface area (Å²) < 4.78 is 26.7. The Morgan fingerprint density at radius 3 is 2.68 bits per heavy atom. The lowest BCUT2D eigenvalue weighted by molar-refractivity contribution is -0.385. The summed E-state index contributed by atoms with van der Waals surface area (Å²) in [6, 6.07) is 4.22. The van der Waals surface area contributed by atoms with E-state index in [-0.39, 0.29) is 23.7 Å². The molecule has 0 saturated heterocycles. The van der Waals surface area contributed by atoms with E-state index < -0.39 is 14.9 Å². The summed E-state index contributed by atoms with van der Waals surface area (Å²) in [5.74, 6) is -0.0957. The highest BCUT2D eigenvalue weighted by molar-refractivity contribution is 7.89. The third-order valence-electron chi connectivity index (χ3n) is 2.17. The van der Waals surface area contributed by atoms with E-state index in [2.05, 4.69) is 5.32 Å². The fourth-order valence-corrected chi connectivity index (χ4v) is 1.77. The number of nitrogens with zero attached hydrogens (tertiary/aromatic N) is 1. The Balaban J connectivity index is 2.81. The Labute approximate surface area is 110 Å². The van der Waals surface area contributed by atoms with Crippen molar-refractivity contribution in [3.63, 3.8) is 0 Å². The van der Waals surface area contributed by atoms with Crippen LogP contribution in [0.1, 0.15) is 6.92 Å². The highest BCUT2D eigenvalue weighted by atomic mass is 32.2. The number of sulfonamides is 1. The molecule has 0 bridgehead atoms. The van der Waals surface area contributed by atoms with Crippen molar-refractivity contribution in [3.05, 3.63) is 28.3 Å². The van der Waals surface area contributed by atoms with Crippen molar-refractivity contribution in [1.29, 1.82) is 0 Å². The molecule has 0 aliphatic rings. The lowest BCUT2D eigenvalue weighted by Gasteiger charge is -2.08. The first-order valence-corrected chi connectivity index (χ1v) is 7.20. The van der Waals surface area contributed by atoms with Crippen molar-refractivity contribution >= 4 is 21.4 Å². The van der Waals surface area contributed by atoms with Gasteiger partial charge in [-0.15, -0.1) is 0 Å². The van der Waals surface area contributed by atoms with Crippen molar-refractivity contribution in [2.45, 2.75) is 6.92 Å². The maximum atomic E-state index is 10.8. The van der Waals surface area contributed by atoms with E-state index >= 15 is 0 Å². The third-order valence-corrected chi connectivity index (χ3v) is 2.95. The molecular formula is C10H15N3O5S. The standard InChI is InChI=1S/C10H15N3O5S/c1-2-18-10-7-8(3-4-9(10)13(14)15)12-5-6-19(11,16)17/h3-4,7,12H,2,5-6H2,1H3,(H2,11,16,17). The lowest BCUT2D eigenvalue weighted by atomic mass is 10.2. The van der Waals surface area contributed by atoms with Gasteiger partial charge in [0.2, 0.25) is 10.0 Å². The molecule has 0 heterocycles. The zero-order valence-electron chi connectivity index (χ0n) is 10.3. The van der Waals surface area contributed by atoms with Crippen molar-refractivity contribution in [1.82, 2.24) is 0 Å². The molecule has 106 valence electrons. The first-order valence-electron chi connectivity index (χ1n) is 5.49. The number of hydrogen-bond acceptors (Lipinski definition) is 6. The number of nitrogens with two attached hydrogens (primary N) is 1. The number of nitrogens with one attached hydrogen (secondary N) is 1. The molecule has 0 saturated carbocycles. The average molecular weight is 289 g/mol. The first kappa shape index (κ1) is 15.2. The number of benzene rings is 1. The van der Waals surface area contributed by atoms with Crippen LogP contribution in [0.3, 0.4) is 0 Å². The highest BCUT2D eigenvalue weighted by Gasteiger charge is 2.15. The molecular weight excluding hydrogens is 274 g/mol. The topological polar surface area (TPSA) is 125 Å². The van der Waals surface area contributed by atoms with Gasteiger partial charge in [0.15, 0.2) is 5.75 Å². The van der Waals surface area contributed by atoms with Crippen LogP contribution in [0.2, 0.25) is 0 Å². The van der Waals surface area contributed by atoms with E-state index in [4.69, 9.17) is 9.88 Å². The molecule has 8 nitrogen and oxygen atoms in total. The van der Waals surface area contributed by atoms with E-state index in [1.54, 1.807) is 6.92 Å². The summed E-state index contributed by atoms with van der Waals surface area (Å²) in [4.78, 5) is 10.2. The van der Waals surface area contributed by atoms with Crippen molar-refractivity contribution in [2.75, 3.05) is 24.2 Å². The van der Waals surface area contributed by atoms with Gasteiger partial charge in [0.25, 0.3) is 0 Å². The van der Waals surface area contributed by atoms with Crippen molar-refractivity contribution in [3.8, 4) is 5.75 Å². The molecule has 0 aromatic heterocycles. The number of hydrogen-bond donors (Lipinski definition) is 2. The van der Waals surface area contributed by atoms with E-state index in [0.29, 0.717) is 12.3 Å². The number of primary sulfonamides is 1. The van der Waals surface area contributed by atoms with E-state index in [1.165, 1.54) is 18.2 Å². The van der Waals surface area contributed by atoms with E-state index in [1.807, 2.05) is 0 Å². The molecule has 1 aromatic rings. The van der Waals surface area contributed by atoms with Crippen LogP contribution in [0.25, 0.3) is 0 Å². The second-order valence-corrected chi connectivity index (χ2v) is 5.40. The highest BCUT2D eigenvalue weighted by Crippen LogP contribution is 2.29. The number of ether oxygens (including phenoxy) is 1. The van der Waals surface area contributed by atoms with Crippen LogP contribution in [-0.4, -0.2) is 32.2 Å². The molecule has 1 rings (SSSR count). The second kappa shape index (κ2) is 6.34. The zero-order valence-corrected chi connectivity index (χ0v) is 11.1. The number of nitro groups is 1. The number of anilines is 1. The van der Waals surface area contributed by atoms with Gasteiger partial charge in [-0.05, 0) is 13.0 Å². The second-order valence-electron chi connectivity index (χ2n) is 3.67. The number of rotatable bonds is 7. The Morgan fingerprint density at radius 1 is 1.47 bits per heavy atom. The zero-order chi connectivity index (χ0) is 14.5. The molecule has 0 radical (unpaired) electrons. The van der Waals surface area contributed by atoms with Gasteiger partial charge in [-0.2, -0.15) is 0 Å². The third kappa shape index (κ3) is 5.10. The maximum Gasteiger partial charge on any atom is 0.311 e. The van der Waals surface area contributed by atoms with E-state index in [0.717, 1.165) is 0 Å². The molecule has 0 spiro atoms. The Hall–Kier alpha value is -1.87. The van der Waals surface area contributed by atoms with Gasteiger partial charge in [-0.1, -0.05) is 0 Å². The minimum Gasteiger partial charge on any atom is -0.487 e. The molecule has 0 fully saturated rings. The molecule has 3 N–H and O–H groups in total. The first-order chi connectivity index (χ1) is 8.83. The van der Waals surface area contributed by atoms with Gasteiger partial charge in [0.05, 0.1) is 17.3 Å². The van der Waals surface area contributed by atoms with Crippen LogP contribution in [-0.2, 0) is 10.0 Å². The van der Waals surface area contributed by atoms with Gasteiger partial charge in [0.1, 0.15) is 0 Å². The summed E-state index contributed by atoms with van der Waals surface area (Å²) in [6.45, 7) is 2.12. The van der Waals surface area contributed by atoms with Crippen LogP contribution < -0.4 is 15.2 Å². The number of nitro benzene ring substituents is 1. The Morgan fingerprint density at radius 2 is 2.16 bits per heavy atom. The van der Waals surface area contributed by atoms with Gasteiger partial charge in [-0.25, -0.2) is 13.6 Å². The van der Waals surface area contributed by atoms with E-state index in [9.17, 15) is 18.5 Å². The lowest BCUT2D eigenvalue weighted by Crippen LogP contribution is -2.22. The summed E-state index contributed by atoms with van der Waals surface area (Å²) >= 11 is 0. The molecule has 0 unspecified atom stereocenters. The fraction of sp³-hybridized carbons (Fsp3) is 0.400. The normalized spacial score (nSPS) is 11.1. The molecule has 0 aliphatic carbocycles. The summed E-state index contributed by atoms with van der Waals surface area (Å²) in [5, 5.41) is 18.4. The van der Waals surface area contributed by atoms with Gasteiger partial charge in [-0.3, -0.25) is 10.1 Å². The van der Waals surface area contributed by atoms with Crippen LogP contribution in [0.5, 0.6) is 5.75 Å². The Bertz CT molecular complexity index is 558. The average Bonchev–Trinajstić information content (AvgIpc) is 2.27. The molecule has 19 heavy (non-hydrogen) atoms. The van der Waals surface area contributed by atoms with Gasteiger partial charge in [0, 0.05) is 24.4 Å². The van der Waals surface area contributed by atoms with Gasteiger partial charge >= 0.3 is 5.69 Å². The molecule has 9 heteroatoms. The Kier molecular flexibility index (Phi) is 5.07. The predicted molar refractivity (Wildman–Crippen MR) is 70.7 cm³/mol. The summed E-state index contributed by atoms with van der Waals surface area (Å²) in [6.07, 6.45) is 0. The molecule has 0 atom stereocenters.